The van der Waals surface area contributed by atoms with Crippen molar-refractivity contribution in [2.24, 2.45) is 11.8 Å². The summed E-state index contributed by atoms with van der Waals surface area (Å²) >= 11 is 0.864. The molecule has 3 rings (SSSR count). The highest BCUT2D eigenvalue weighted by molar-refractivity contribution is 8.18. The van der Waals surface area contributed by atoms with Gasteiger partial charge in [-0.2, -0.15) is 0 Å². The molecule has 1 saturated heterocycles. The average Bonchev–Trinajstić information content (AvgIpc) is 3.39. The number of imide groups is 1. The van der Waals surface area contributed by atoms with Crippen molar-refractivity contribution < 1.29 is 28.6 Å². The van der Waals surface area contributed by atoms with E-state index in [-0.39, 0.29) is 36.1 Å². The standard InChI is InChI=1S/C20H24N2O6S/c1-11-7-13(11)18(23)21-5-6-22-19(24)16(29-20(22)25)10-12-8-14(26-2)17(28-4)15(9-12)27-3/h8-11,13H,5-7H2,1-4H3,(H,21,23). The van der Waals surface area contributed by atoms with E-state index in [1.54, 1.807) is 18.2 Å². The van der Waals surface area contributed by atoms with Gasteiger partial charge in [-0.25, -0.2) is 0 Å². The minimum atomic E-state index is -0.386. The van der Waals surface area contributed by atoms with Gasteiger partial charge in [-0.1, -0.05) is 6.92 Å². The van der Waals surface area contributed by atoms with Crippen LogP contribution in [-0.4, -0.2) is 56.4 Å². The second kappa shape index (κ2) is 8.77. The molecule has 2 fully saturated rings. The van der Waals surface area contributed by atoms with Crippen molar-refractivity contribution in [3.8, 4) is 17.2 Å². The number of hydrogen-bond acceptors (Lipinski definition) is 7. The van der Waals surface area contributed by atoms with Crippen LogP contribution in [-0.2, 0) is 9.59 Å². The molecule has 2 unspecified atom stereocenters. The van der Waals surface area contributed by atoms with Crippen LogP contribution in [0, 0.1) is 11.8 Å². The first-order valence-corrected chi connectivity index (χ1v) is 10.0. The fraction of sp³-hybridized carbons (Fsp3) is 0.450. The van der Waals surface area contributed by atoms with Crippen LogP contribution < -0.4 is 19.5 Å². The van der Waals surface area contributed by atoms with Crippen molar-refractivity contribution in [3.63, 3.8) is 0 Å². The molecule has 0 radical (unpaired) electrons. The maximum atomic E-state index is 12.6. The molecule has 1 aromatic rings. The van der Waals surface area contributed by atoms with Crippen LogP contribution in [0.1, 0.15) is 18.9 Å². The monoisotopic (exact) mass is 420 g/mol. The summed E-state index contributed by atoms with van der Waals surface area (Å²) in [6.45, 7) is 2.41. The highest BCUT2D eigenvalue weighted by Crippen LogP contribution is 2.40. The molecule has 1 heterocycles. The van der Waals surface area contributed by atoms with Crippen LogP contribution >= 0.6 is 11.8 Å². The Morgan fingerprint density at radius 1 is 1.21 bits per heavy atom. The number of carbonyl (C=O) groups excluding carboxylic acids is 3. The molecule has 0 aromatic heterocycles. The van der Waals surface area contributed by atoms with E-state index in [0.717, 1.165) is 23.1 Å². The fourth-order valence-electron chi connectivity index (χ4n) is 3.14. The third-order valence-corrected chi connectivity index (χ3v) is 5.85. The van der Waals surface area contributed by atoms with Gasteiger partial charge < -0.3 is 19.5 Å². The minimum absolute atomic E-state index is 0.0163. The lowest BCUT2D eigenvalue weighted by molar-refractivity contribution is -0.125. The van der Waals surface area contributed by atoms with Crippen LogP contribution in [0.25, 0.3) is 6.08 Å². The maximum Gasteiger partial charge on any atom is 0.293 e. The number of benzene rings is 1. The third-order valence-electron chi connectivity index (χ3n) is 4.94. The summed E-state index contributed by atoms with van der Waals surface area (Å²) in [5, 5.41) is 2.43. The first kappa shape index (κ1) is 21.0. The Morgan fingerprint density at radius 3 is 2.34 bits per heavy atom. The highest BCUT2D eigenvalue weighted by atomic mass is 32.2. The molecule has 156 valence electrons. The lowest BCUT2D eigenvalue weighted by Gasteiger charge is -2.13. The predicted molar refractivity (Wildman–Crippen MR) is 109 cm³/mol. The molecule has 2 atom stereocenters. The van der Waals surface area contributed by atoms with Crippen LogP contribution in [0.5, 0.6) is 17.2 Å². The van der Waals surface area contributed by atoms with Crippen molar-refractivity contribution in [3.05, 3.63) is 22.6 Å². The first-order chi connectivity index (χ1) is 13.9. The summed E-state index contributed by atoms with van der Waals surface area (Å²) in [5.41, 5.74) is 0.640. The Kier molecular flexibility index (Phi) is 6.36. The molecule has 9 heteroatoms. The maximum absolute atomic E-state index is 12.6. The van der Waals surface area contributed by atoms with E-state index in [2.05, 4.69) is 5.32 Å². The number of ether oxygens (including phenoxy) is 3. The summed E-state index contributed by atoms with van der Waals surface area (Å²) in [6, 6.07) is 3.40. The number of nitrogens with one attached hydrogen (secondary N) is 1. The zero-order valence-corrected chi connectivity index (χ0v) is 17.6. The van der Waals surface area contributed by atoms with Gasteiger partial charge in [0.1, 0.15) is 0 Å². The van der Waals surface area contributed by atoms with E-state index in [0.29, 0.717) is 33.6 Å². The predicted octanol–water partition coefficient (Wildman–Crippen LogP) is 2.52. The van der Waals surface area contributed by atoms with Gasteiger partial charge in [-0.15, -0.1) is 0 Å². The minimum Gasteiger partial charge on any atom is -0.493 e. The van der Waals surface area contributed by atoms with Crippen LogP contribution in [0.2, 0.25) is 0 Å². The Bertz CT molecular complexity index is 844. The SMILES string of the molecule is COc1cc(C=C2SC(=O)N(CCNC(=O)C3CC3C)C2=O)cc(OC)c1OC. The second-order valence-corrected chi connectivity index (χ2v) is 7.90. The molecule has 2 aliphatic rings. The molecule has 1 aliphatic heterocycles. The fourth-order valence-corrected chi connectivity index (χ4v) is 4.00. The average molecular weight is 420 g/mol. The molecule has 1 N–H and O–H groups in total. The van der Waals surface area contributed by atoms with E-state index >= 15 is 0 Å². The number of thioether (sulfide) groups is 1. The molecule has 1 saturated carbocycles. The van der Waals surface area contributed by atoms with Gasteiger partial charge >= 0.3 is 0 Å². The highest BCUT2D eigenvalue weighted by Gasteiger charge is 2.39. The first-order valence-electron chi connectivity index (χ1n) is 9.22. The summed E-state index contributed by atoms with van der Waals surface area (Å²) in [5.74, 6) is 1.42. The van der Waals surface area contributed by atoms with E-state index in [1.165, 1.54) is 21.3 Å². The lowest BCUT2D eigenvalue weighted by atomic mass is 10.1. The zero-order chi connectivity index (χ0) is 21.1. The van der Waals surface area contributed by atoms with Crippen molar-refractivity contribution in [1.29, 1.82) is 0 Å². The van der Waals surface area contributed by atoms with Crippen molar-refractivity contribution in [1.82, 2.24) is 10.2 Å². The van der Waals surface area contributed by atoms with Crippen molar-refractivity contribution in [2.75, 3.05) is 34.4 Å². The van der Waals surface area contributed by atoms with Crippen LogP contribution in [0.15, 0.2) is 17.0 Å². The topological polar surface area (TPSA) is 94.2 Å². The van der Waals surface area contributed by atoms with Crippen LogP contribution in [0.4, 0.5) is 4.79 Å². The molecule has 1 aliphatic carbocycles. The van der Waals surface area contributed by atoms with E-state index < -0.39 is 0 Å². The van der Waals surface area contributed by atoms with Gasteiger partial charge in [-0.05, 0) is 47.9 Å². The Morgan fingerprint density at radius 2 is 1.83 bits per heavy atom. The number of rotatable bonds is 8. The second-order valence-electron chi connectivity index (χ2n) is 6.90. The van der Waals surface area contributed by atoms with Gasteiger partial charge in [-0.3, -0.25) is 19.3 Å². The van der Waals surface area contributed by atoms with Gasteiger partial charge in [0.05, 0.1) is 26.2 Å². The molecular weight excluding hydrogens is 396 g/mol. The van der Waals surface area contributed by atoms with E-state index in [1.807, 2.05) is 6.92 Å². The summed E-state index contributed by atoms with van der Waals surface area (Å²) in [4.78, 5) is 38.2. The van der Waals surface area contributed by atoms with Gasteiger partial charge in [0, 0.05) is 19.0 Å². The van der Waals surface area contributed by atoms with Crippen molar-refractivity contribution >= 4 is 34.9 Å². The number of carbonyl (C=O) groups is 3. The smallest absolute Gasteiger partial charge is 0.293 e. The third kappa shape index (κ3) is 4.50. The normalized spacial score (nSPS) is 22.1. The van der Waals surface area contributed by atoms with Gasteiger partial charge in [0.25, 0.3) is 11.1 Å². The van der Waals surface area contributed by atoms with E-state index in [4.69, 9.17) is 14.2 Å². The van der Waals surface area contributed by atoms with Crippen LogP contribution in [0.3, 0.4) is 0 Å². The largest absolute Gasteiger partial charge is 0.493 e. The molecule has 8 nitrogen and oxygen atoms in total. The molecule has 29 heavy (non-hydrogen) atoms. The number of methoxy groups -OCH3 is 3. The van der Waals surface area contributed by atoms with Gasteiger partial charge in [0.2, 0.25) is 11.7 Å². The molecule has 0 bridgehead atoms. The summed E-state index contributed by atoms with van der Waals surface area (Å²) in [6.07, 6.45) is 2.50. The Hall–Kier alpha value is -2.68. The lowest BCUT2D eigenvalue weighted by Crippen LogP contribution is -2.37. The molecule has 3 amide bonds. The zero-order valence-electron chi connectivity index (χ0n) is 16.8. The van der Waals surface area contributed by atoms with E-state index in [9.17, 15) is 14.4 Å². The van der Waals surface area contributed by atoms with Crippen molar-refractivity contribution in [2.45, 2.75) is 13.3 Å². The Balaban J connectivity index is 1.70. The van der Waals surface area contributed by atoms with Gasteiger partial charge in [0.15, 0.2) is 11.5 Å². The molecule has 1 aromatic carbocycles. The number of nitrogens with zero attached hydrogens (tertiary/aromatic N) is 1. The summed E-state index contributed by atoms with van der Waals surface area (Å²) in [7, 11) is 4.52. The number of hydrogen-bond donors (Lipinski definition) is 1. The summed E-state index contributed by atoms with van der Waals surface area (Å²) < 4.78 is 15.9. The Labute approximate surface area is 173 Å². The molecular formula is C20H24N2O6S. The quantitative estimate of drug-likeness (QED) is 0.646. The molecule has 0 spiro atoms. The number of amides is 3.